The van der Waals surface area contributed by atoms with Crippen LogP contribution in [0.1, 0.15) is 39.4 Å². The van der Waals surface area contributed by atoms with Crippen LogP contribution in [0.3, 0.4) is 0 Å². The first-order valence-electron chi connectivity index (χ1n) is 8.91. The number of thioether (sulfide) groups is 1. The molecule has 0 bridgehead atoms. The summed E-state index contributed by atoms with van der Waals surface area (Å²) in [4.78, 5) is 4.38. The Morgan fingerprint density at radius 2 is 1.74 bits per heavy atom. The highest BCUT2D eigenvalue weighted by atomic mass is 32.2. The standard InChI is InChI=1S/C21H23F3N2S/c1-13-4-5-18(21(22,23)24)17(11-13)19(26-20-25-6-7-27-20)12-16-9-14(2)8-15(3)10-16/h4-5,8-11,19H,6-7,12H2,1-3H3,(H,25,26). The second-order valence-electron chi connectivity index (χ2n) is 7.02. The van der Waals surface area contributed by atoms with E-state index in [-0.39, 0.29) is 5.56 Å². The van der Waals surface area contributed by atoms with Crippen molar-refractivity contribution in [1.82, 2.24) is 5.32 Å². The number of nitrogens with zero attached hydrogens (tertiary/aromatic N) is 1. The molecule has 0 saturated heterocycles. The number of aliphatic imine (C=N–C) groups is 1. The zero-order chi connectivity index (χ0) is 19.6. The first-order valence-corrected chi connectivity index (χ1v) is 9.89. The molecule has 3 rings (SSSR count). The number of hydrogen-bond acceptors (Lipinski definition) is 3. The molecule has 0 aliphatic carbocycles. The molecule has 1 aliphatic heterocycles. The summed E-state index contributed by atoms with van der Waals surface area (Å²) in [7, 11) is 0. The van der Waals surface area contributed by atoms with Gasteiger partial charge in [0.2, 0.25) is 0 Å². The molecule has 6 heteroatoms. The fourth-order valence-corrected chi connectivity index (χ4v) is 4.25. The normalized spacial score (nSPS) is 15.6. The van der Waals surface area contributed by atoms with Gasteiger partial charge in [-0.15, -0.1) is 0 Å². The Labute approximate surface area is 162 Å². The zero-order valence-electron chi connectivity index (χ0n) is 15.7. The van der Waals surface area contributed by atoms with E-state index in [0.717, 1.165) is 33.2 Å². The Morgan fingerprint density at radius 3 is 2.33 bits per heavy atom. The van der Waals surface area contributed by atoms with Gasteiger partial charge in [-0.05, 0) is 44.4 Å². The van der Waals surface area contributed by atoms with Gasteiger partial charge in [0.1, 0.15) is 0 Å². The van der Waals surface area contributed by atoms with Crippen LogP contribution in [-0.4, -0.2) is 17.5 Å². The van der Waals surface area contributed by atoms with Gasteiger partial charge in [-0.3, -0.25) is 4.99 Å². The summed E-state index contributed by atoms with van der Waals surface area (Å²) in [6.45, 7) is 6.52. The fraction of sp³-hybridized carbons (Fsp3) is 0.381. The molecule has 1 atom stereocenters. The van der Waals surface area contributed by atoms with Crippen LogP contribution in [-0.2, 0) is 12.6 Å². The predicted molar refractivity (Wildman–Crippen MR) is 106 cm³/mol. The molecule has 0 saturated carbocycles. The molecule has 0 spiro atoms. The summed E-state index contributed by atoms with van der Waals surface area (Å²) < 4.78 is 41.0. The molecular formula is C21H23F3N2S. The second-order valence-corrected chi connectivity index (χ2v) is 8.10. The number of nitrogens with one attached hydrogen (secondary N) is 1. The van der Waals surface area contributed by atoms with Gasteiger partial charge >= 0.3 is 6.18 Å². The van der Waals surface area contributed by atoms with Crippen LogP contribution in [0.2, 0.25) is 0 Å². The predicted octanol–water partition coefficient (Wildman–Crippen LogP) is 5.61. The van der Waals surface area contributed by atoms with Crippen molar-refractivity contribution in [3.05, 3.63) is 69.8 Å². The monoisotopic (exact) mass is 392 g/mol. The summed E-state index contributed by atoms with van der Waals surface area (Å²) in [6, 6.07) is 9.99. The van der Waals surface area contributed by atoms with Gasteiger partial charge < -0.3 is 5.32 Å². The van der Waals surface area contributed by atoms with E-state index < -0.39 is 17.8 Å². The van der Waals surface area contributed by atoms with E-state index in [4.69, 9.17) is 0 Å². The smallest absolute Gasteiger partial charge is 0.358 e. The van der Waals surface area contributed by atoms with E-state index in [1.54, 1.807) is 17.8 Å². The van der Waals surface area contributed by atoms with E-state index in [0.29, 0.717) is 13.0 Å². The third-order valence-electron chi connectivity index (χ3n) is 4.49. The van der Waals surface area contributed by atoms with Crippen molar-refractivity contribution >= 4 is 16.9 Å². The lowest BCUT2D eigenvalue weighted by Crippen LogP contribution is -2.29. The number of alkyl halides is 3. The van der Waals surface area contributed by atoms with Crippen molar-refractivity contribution in [2.24, 2.45) is 4.99 Å². The average molecular weight is 392 g/mol. The summed E-state index contributed by atoms with van der Waals surface area (Å²) in [5.74, 6) is 0.860. The van der Waals surface area contributed by atoms with Crippen LogP contribution in [0.15, 0.2) is 41.4 Å². The summed E-state index contributed by atoms with van der Waals surface area (Å²) in [5, 5.41) is 3.99. The SMILES string of the molecule is Cc1cc(C)cc(CC(NC2=NCCS2)c2cc(C)ccc2C(F)(F)F)c1. The first kappa shape index (κ1) is 19.8. The Balaban J connectivity index is 2.03. The molecule has 2 aromatic carbocycles. The Kier molecular flexibility index (Phi) is 5.84. The van der Waals surface area contributed by atoms with Gasteiger partial charge in [-0.1, -0.05) is 58.8 Å². The van der Waals surface area contributed by atoms with Crippen LogP contribution >= 0.6 is 11.8 Å². The molecule has 1 N–H and O–H groups in total. The fourth-order valence-electron chi connectivity index (χ4n) is 3.46. The molecule has 0 amide bonds. The molecular weight excluding hydrogens is 369 g/mol. The van der Waals surface area contributed by atoms with Crippen molar-refractivity contribution < 1.29 is 13.2 Å². The van der Waals surface area contributed by atoms with Gasteiger partial charge in [-0.25, -0.2) is 0 Å². The van der Waals surface area contributed by atoms with Gasteiger partial charge in [-0.2, -0.15) is 13.2 Å². The summed E-state index contributed by atoms with van der Waals surface area (Å²) in [5.41, 5.74) is 3.73. The number of hydrogen-bond donors (Lipinski definition) is 1. The van der Waals surface area contributed by atoms with E-state index in [1.807, 2.05) is 32.9 Å². The van der Waals surface area contributed by atoms with Gasteiger partial charge in [0, 0.05) is 5.75 Å². The maximum Gasteiger partial charge on any atom is 0.416 e. The van der Waals surface area contributed by atoms with Gasteiger partial charge in [0.15, 0.2) is 5.17 Å². The zero-order valence-corrected chi connectivity index (χ0v) is 16.5. The molecule has 1 heterocycles. The molecule has 27 heavy (non-hydrogen) atoms. The highest BCUT2D eigenvalue weighted by Crippen LogP contribution is 2.36. The molecule has 0 fully saturated rings. The van der Waals surface area contributed by atoms with Gasteiger partial charge in [0.25, 0.3) is 0 Å². The highest BCUT2D eigenvalue weighted by molar-refractivity contribution is 8.14. The van der Waals surface area contributed by atoms with Crippen LogP contribution < -0.4 is 5.32 Å². The quantitative estimate of drug-likeness (QED) is 0.732. The second kappa shape index (κ2) is 7.97. The lowest BCUT2D eigenvalue weighted by Gasteiger charge is -2.24. The summed E-state index contributed by atoms with van der Waals surface area (Å²) >= 11 is 1.56. The number of rotatable bonds is 4. The van der Waals surface area contributed by atoms with Crippen molar-refractivity contribution in [3.63, 3.8) is 0 Å². The molecule has 2 aromatic rings. The number of amidine groups is 1. The minimum Gasteiger partial charge on any atom is -0.358 e. The third-order valence-corrected chi connectivity index (χ3v) is 5.40. The van der Waals surface area contributed by atoms with E-state index >= 15 is 0 Å². The minimum absolute atomic E-state index is 0.275. The van der Waals surface area contributed by atoms with Crippen LogP contribution in [0.4, 0.5) is 13.2 Å². The van der Waals surface area contributed by atoms with E-state index in [1.165, 1.54) is 12.1 Å². The number of benzene rings is 2. The van der Waals surface area contributed by atoms with Crippen LogP contribution in [0, 0.1) is 20.8 Å². The average Bonchev–Trinajstić information content (AvgIpc) is 3.05. The first-order chi connectivity index (χ1) is 12.7. The Bertz CT molecular complexity index is 839. The molecule has 0 radical (unpaired) electrons. The maximum absolute atomic E-state index is 13.7. The van der Waals surface area contributed by atoms with Crippen molar-refractivity contribution in [2.75, 3.05) is 12.3 Å². The number of halogens is 3. The lowest BCUT2D eigenvalue weighted by molar-refractivity contribution is -0.138. The van der Waals surface area contributed by atoms with E-state index in [9.17, 15) is 13.2 Å². The van der Waals surface area contributed by atoms with Crippen molar-refractivity contribution in [1.29, 1.82) is 0 Å². The van der Waals surface area contributed by atoms with Crippen molar-refractivity contribution in [3.8, 4) is 0 Å². The Hall–Kier alpha value is -1.95. The van der Waals surface area contributed by atoms with Crippen molar-refractivity contribution in [2.45, 2.75) is 39.4 Å². The largest absolute Gasteiger partial charge is 0.416 e. The Morgan fingerprint density at radius 1 is 1.04 bits per heavy atom. The molecule has 1 unspecified atom stereocenters. The molecule has 0 aromatic heterocycles. The number of aryl methyl sites for hydroxylation is 3. The highest BCUT2D eigenvalue weighted by Gasteiger charge is 2.35. The molecule has 144 valence electrons. The lowest BCUT2D eigenvalue weighted by atomic mass is 9.92. The van der Waals surface area contributed by atoms with Gasteiger partial charge in [0.05, 0.1) is 18.2 Å². The summed E-state index contributed by atoms with van der Waals surface area (Å²) in [6.07, 6.45) is -3.93. The maximum atomic E-state index is 13.7. The molecule has 2 nitrogen and oxygen atoms in total. The van der Waals surface area contributed by atoms with Crippen LogP contribution in [0.25, 0.3) is 0 Å². The third kappa shape index (κ3) is 5.06. The molecule has 1 aliphatic rings. The van der Waals surface area contributed by atoms with E-state index in [2.05, 4.69) is 16.4 Å². The topological polar surface area (TPSA) is 24.4 Å². The minimum atomic E-state index is -4.39. The van der Waals surface area contributed by atoms with Crippen LogP contribution in [0.5, 0.6) is 0 Å².